The molecule has 0 unspecified atom stereocenters. The Hall–Kier alpha value is -2.07. The van der Waals surface area contributed by atoms with E-state index >= 15 is 0 Å². The number of pyridine rings is 1. The SMILES string of the molecule is c1ccc(Oc2ccc(N3CCCNCC3)cc2)nc1. The third kappa shape index (κ3) is 3.27. The summed E-state index contributed by atoms with van der Waals surface area (Å²) in [4.78, 5) is 6.57. The second kappa shape index (κ2) is 6.39. The molecule has 0 aliphatic carbocycles. The highest BCUT2D eigenvalue weighted by Crippen LogP contribution is 2.23. The molecule has 0 bridgehead atoms. The van der Waals surface area contributed by atoms with Gasteiger partial charge in [-0.1, -0.05) is 6.07 Å². The van der Waals surface area contributed by atoms with Crippen molar-refractivity contribution in [1.82, 2.24) is 10.3 Å². The van der Waals surface area contributed by atoms with Gasteiger partial charge in [0.25, 0.3) is 0 Å². The molecule has 2 aromatic rings. The van der Waals surface area contributed by atoms with Crippen LogP contribution in [-0.4, -0.2) is 31.2 Å². The molecule has 4 heteroatoms. The number of rotatable bonds is 3. The van der Waals surface area contributed by atoms with Crippen LogP contribution in [0.2, 0.25) is 0 Å². The smallest absolute Gasteiger partial charge is 0.219 e. The molecule has 104 valence electrons. The molecule has 1 aliphatic heterocycles. The van der Waals surface area contributed by atoms with Crippen LogP contribution < -0.4 is 15.0 Å². The van der Waals surface area contributed by atoms with Crippen LogP contribution in [0.5, 0.6) is 11.6 Å². The molecule has 0 amide bonds. The van der Waals surface area contributed by atoms with Crippen molar-refractivity contribution in [1.29, 1.82) is 0 Å². The van der Waals surface area contributed by atoms with Crippen molar-refractivity contribution in [2.24, 2.45) is 0 Å². The van der Waals surface area contributed by atoms with Gasteiger partial charge in [0.1, 0.15) is 5.75 Å². The summed E-state index contributed by atoms with van der Waals surface area (Å²) >= 11 is 0. The Balaban J connectivity index is 1.67. The third-order valence-corrected chi connectivity index (χ3v) is 3.40. The minimum atomic E-state index is 0.624. The molecule has 1 aliphatic rings. The number of ether oxygens (including phenoxy) is 1. The number of nitrogens with one attached hydrogen (secondary N) is 1. The second-order valence-electron chi connectivity index (χ2n) is 4.85. The highest BCUT2D eigenvalue weighted by Gasteiger charge is 2.09. The number of anilines is 1. The van der Waals surface area contributed by atoms with Crippen LogP contribution in [0, 0.1) is 0 Å². The van der Waals surface area contributed by atoms with Crippen LogP contribution in [0.25, 0.3) is 0 Å². The topological polar surface area (TPSA) is 37.4 Å². The van der Waals surface area contributed by atoms with Gasteiger partial charge in [-0.2, -0.15) is 0 Å². The number of nitrogens with zero attached hydrogens (tertiary/aromatic N) is 2. The van der Waals surface area contributed by atoms with Crippen molar-refractivity contribution in [2.75, 3.05) is 31.1 Å². The van der Waals surface area contributed by atoms with Crippen molar-refractivity contribution in [2.45, 2.75) is 6.42 Å². The van der Waals surface area contributed by atoms with Gasteiger partial charge in [0.05, 0.1) is 0 Å². The summed E-state index contributed by atoms with van der Waals surface area (Å²) in [5, 5.41) is 3.42. The van der Waals surface area contributed by atoms with E-state index in [4.69, 9.17) is 4.74 Å². The minimum absolute atomic E-state index is 0.624. The highest BCUT2D eigenvalue weighted by molar-refractivity contribution is 5.49. The molecule has 20 heavy (non-hydrogen) atoms. The number of hydrogen-bond acceptors (Lipinski definition) is 4. The van der Waals surface area contributed by atoms with Gasteiger partial charge in [0.2, 0.25) is 5.88 Å². The van der Waals surface area contributed by atoms with E-state index in [0.29, 0.717) is 5.88 Å². The lowest BCUT2D eigenvalue weighted by molar-refractivity contribution is 0.463. The van der Waals surface area contributed by atoms with Crippen molar-refractivity contribution >= 4 is 5.69 Å². The van der Waals surface area contributed by atoms with E-state index in [1.54, 1.807) is 6.20 Å². The molecular formula is C16H19N3O. The Morgan fingerprint density at radius 2 is 1.90 bits per heavy atom. The molecular weight excluding hydrogens is 250 g/mol. The Morgan fingerprint density at radius 1 is 1.00 bits per heavy atom. The normalized spacial score (nSPS) is 15.7. The Bertz CT molecular complexity index is 519. The molecule has 1 saturated heterocycles. The minimum Gasteiger partial charge on any atom is -0.439 e. The van der Waals surface area contributed by atoms with Gasteiger partial charge in [-0.15, -0.1) is 0 Å². The monoisotopic (exact) mass is 269 g/mol. The maximum atomic E-state index is 5.70. The molecule has 1 aromatic carbocycles. The first-order valence-corrected chi connectivity index (χ1v) is 7.06. The summed E-state index contributed by atoms with van der Waals surface area (Å²) in [5.74, 6) is 1.44. The summed E-state index contributed by atoms with van der Waals surface area (Å²) in [7, 11) is 0. The highest BCUT2D eigenvalue weighted by atomic mass is 16.5. The lowest BCUT2D eigenvalue weighted by Crippen LogP contribution is -2.27. The van der Waals surface area contributed by atoms with Crippen LogP contribution >= 0.6 is 0 Å². The maximum Gasteiger partial charge on any atom is 0.219 e. The van der Waals surface area contributed by atoms with Crippen molar-refractivity contribution in [3.63, 3.8) is 0 Å². The second-order valence-corrected chi connectivity index (χ2v) is 4.85. The van der Waals surface area contributed by atoms with E-state index in [0.717, 1.165) is 31.9 Å². The maximum absolute atomic E-state index is 5.70. The first-order chi connectivity index (χ1) is 9.92. The largest absolute Gasteiger partial charge is 0.439 e. The average Bonchev–Trinajstić information content (AvgIpc) is 2.78. The van der Waals surface area contributed by atoms with Gasteiger partial charge in [-0.3, -0.25) is 0 Å². The average molecular weight is 269 g/mol. The summed E-state index contributed by atoms with van der Waals surface area (Å²) in [5.41, 5.74) is 1.25. The van der Waals surface area contributed by atoms with Crippen LogP contribution in [-0.2, 0) is 0 Å². The molecule has 2 heterocycles. The van der Waals surface area contributed by atoms with E-state index in [-0.39, 0.29) is 0 Å². The third-order valence-electron chi connectivity index (χ3n) is 3.40. The standard InChI is InChI=1S/C16H19N3O/c1-2-10-18-16(4-1)20-15-7-5-14(6-8-15)19-12-3-9-17-11-13-19/h1-2,4-8,10,17H,3,9,11-13H2. The van der Waals surface area contributed by atoms with Crippen LogP contribution in [0.3, 0.4) is 0 Å². The Kier molecular flexibility index (Phi) is 4.13. The predicted molar refractivity (Wildman–Crippen MR) is 80.5 cm³/mol. The van der Waals surface area contributed by atoms with E-state index < -0.39 is 0 Å². The zero-order valence-corrected chi connectivity index (χ0v) is 11.5. The van der Waals surface area contributed by atoms with Gasteiger partial charge in [-0.25, -0.2) is 4.98 Å². The molecule has 0 spiro atoms. The molecule has 0 atom stereocenters. The molecule has 3 rings (SSSR count). The van der Waals surface area contributed by atoms with Crippen LogP contribution in [0.4, 0.5) is 5.69 Å². The number of hydrogen-bond donors (Lipinski definition) is 1. The fourth-order valence-electron chi connectivity index (χ4n) is 2.36. The number of benzene rings is 1. The summed E-state index contributed by atoms with van der Waals surface area (Å²) in [6.07, 6.45) is 2.92. The summed E-state index contributed by atoms with van der Waals surface area (Å²) in [6, 6.07) is 13.9. The quantitative estimate of drug-likeness (QED) is 0.929. The summed E-state index contributed by atoms with van der Waals surface area (Å²) in [6.45, 7) is 4.32. The van der Waals surface area contributed by atoms with E-state index in [9.17, 15) is 0 Å². The van der Waals surface area contributed by atoms with Crippen molar-refractivity contribution in [3.05, 3.63) is 48.7 Å². The van der Waals surface area contributed by atoms with E-state index in [1.165, 1.54) is 12.1 Å². The lowest BCUT2D eigenvalue weighted by atomic mass is 10.2. The zero-order chi connectivity index (χ0) is 13.6. The fourth-order valence-corrected chi connectivity index (χ4v) is 2.36. The summed E-state index contributed by atoms with van der Waals surface area (Å²) < 4.78 is 5.70. The lowest BCUT2D eigenvalue weighted by Gasteiger charge is -2.22. The first kappa shape index (κ1) is 12.9. The van der Waals surface area contributed by atoms with E-state index in [2.05, 4.69) is 27.3 Å². The fraction of sp³-hybridized carbons (Fsp3) is 0.312. The first-order valence-electron chi connectivity index (χ1n) is 7.06. The van der Waals surface area contributed by atoms with Crippen molar-refractivity contribution < 1.29 is 4.74 Å². The molecule has 0 saturated carbocycles. The van der Waals surface area contributed by atoms with Crippen molar-refractivity contribution in [3.8, 4) is 11.6 Å². The Morgan fingerprint density at radius 3 is 2.70 bits per heavy atom. The molecule has 1 fully saturated rings. The number of aromatic nitrogens is 1. The molecule has 1 aromatic heterocycles. The zero-order valence-electron chi connectivity index (χ0n) is 11.5. The van der Waals surface area contributed by atoms with Gasteiger partial charge < -0.3 is 15.0 Å². The Labute approximate surface area is 119 Å². The molecule has 0 radical (unpaired) electrons. The van der Waals surface area contributed by atoms with Gasteiger partial charge in [-0.05, 0) is 43.3 Å². The van der Waals surface area contributed by atoms with E-state index in [1.807, 2.05) is 30.3 Å². The predicted octanol–water partition coefficient (Wildman–Crippen LogP) is 2.67. The molecule has 1 N–H and O–H groups in total. The molecule has 4 nitrogen and oxygen atoms in total. The van der Waals surface area contributed by atoms with Crippen LogP contribution in [0.15, 0.2) is 48.7 Å². The van der Waals surface area contributed by atoms with Gasteiger partial charge in [0.15, 0.2) is 0 Å². The van der Waals surface area contributed by atoms with Gasteiger partial charge in [0, 0.05) is 37.6 Å². The van der Waals surface area contributed by atoms with Crippen LogP contribution in [0.1, 0.15) is 6.42 Å². The van der Waals surface area contributed by atoms with Gasteiger partial charge >= 0.3 is 0 Å².